The Kier molecular flexibility index (Phi) is 3.07. The molecule has 2 heterocycles. The summed E-state index contributed by atoms with van der Waals surface area (Å²) in [5.74, 6) is 7.10. The van der Waals surface area contributed by atoms with Crippen LogP contribution in [-0.4, -0.2) is 18.1 Å². The monoisotopic (exact) mass is 250 g/mol. The molecule has 1 aliphatic rings. The summed E-state index contributed by atoms with van der Waals surface area (Å²) in [4.78, 5) is 4.36. The van der Waals surface area contributed by atoms with Crippen LogP contribution in [0.3, 0.4) is 0 Å². The summed E-state index contributed by atoms with van der Waals surface area (Å²) in [7, 11) is 0. The summed E-state index contributed by atoms with van der Waals surface area (Å²) in [5, 5.41) is 3.30. The summed E-state index contributed by atoms with van der Waals surface area (Å²) in [6, 6.07) is 11.8. The molecule has 1 N–H and O–H groups in total. The smallest absolute Gasteiger partial charge is 0.142 e. The fraction of sp³-hybridized carbons (Fsp3) is 0.188. The van der Waals surface area contributed by atoms with E-state index in [4.69, 9.17) is 4.74 Å². The molecule has 0 saturated heterocycles. The zero-order valence-electron chi connectivity index (χ0n) is 10.7. The number of nitrogens with zero attached hydrogens (tertiary/aromatic N) is 1. The van der Waals surface area contributed by atoms with E-state index < -0.39 is 0 Å². The first-order valence-electron chi connectivity index (χ1n) is 6.28. The third-order valence-electron chi connectivity index (χ3n) is 2.88. The van der Waals surface area contributed by atoms with E-state index in [0.29, 0.717) is 6.61 Å². The lowest BCUT2D eigenvalue weighted by atomic mass is 10.1. The third-order valence-corrected chi connectivity index (χ3v) is 2.88. The summed E-state index contributed by atoms with van der Waals surface area (Å²) in [6.45, 7) is 3.51. The SMILES string of the molecule is Cc1cccc(C#Cc2ccc3c(c2)NCCO3)n1. The van der Waals surface area contributed by atoms with E-state index in [1.165, 1.54) is 0 Å². The molecule has 3 heteroatoms. The summed E-state index contributed by atoms with van der Waals surface area (Å²) in [5.41, 5.74) is 3.74. The molecule has 0 fully saturated rings. The first-order valence-corrected chi connectivity index (χ1v) is 6.28. The average molecular weight is 250 g/mol. The van der Waals surface area contributed by atoms with Gasteiger partial charge in [0.25, 0.3) is 0 Å². The second-order valence-corrected chi connectivity index (χ2v) is 4.40. The molecule has 0 radical (unpaired) electrons. The van der Waals surface area contributed by atoms with Crippen LogP contribution in [-0.2, 0) is 0 Å². The largest absolute Gasteiger partial charge is 0.490 e. The predicted octanol–water partition coefficient (Wildman–Crippen LogP) is 2.59. The molecule has 1 aliphatic heterocycles. The van der Waals surface area contributed by atoms with Crippen LogP contribution >= 0.6 is 0 Å². The summed E-state index contributed by atoms with van der Waals surface area (Å²) >= 11 is 0. The zero-order valence-corrected chi connectivity index (χ0v) is 10.7. The standard InChI is InChI=1S/C16H14N2O/c1-12-3-2-4-14(18-12)7-5-13-6-8-16-15(11-13)17-9-10-19-16/h2-4,6,8,11,17H,9-10H2,1H3. The molecule has 0 saturated carbocycles. The summed E-state index contributed by atoms with van der Waals surface area (Å²) in [6.07, 6.45) is 0. The fourth-order valence-electron chi connectivity index (χ4n) is 1.97. The van der Waals surface area contributed by atoms with Gasteiger partial charge in [-0.25, -0.2) is 4.98 Å². The minimum Gasteiger partial charge on any atom is -0.490 e. The molecule has 0 atom stereocenters. The first kappa shape index (κ1) is 11.6. The van der Waals surface area contributed by atoms with Crippen molar-refractivity contribution in [1.82, 2.24) is 4.98 Å². The number of aryl methyl sites for hydroxylation is 1. The molecule has 0 aliphatic carbocycles. The normalized spacial score (nSPS) is 12.5. The van der Waals surface area contributed by atoms with Gasteiger partial charge in [-0.15, -0.1) is 0 Å². The van der Waals surface area contributed by atoms with Gasteiger partial charge in [-0.05, 0) is 43.2 Å². The number of pyridine rings is 1. The van der Waals surface area contributed by atoms with Crippen molar-refractivity contribution >= 4 is 5.69 Å². The molecule has 94 valence electrons. The maximum atomic E-state index is 5.53. The van der Waals surface area contributed by atoms with Crippen LogP contribution in [0.4, 0.5) is 5.69 Å². The lowest BCUT2D eigenvalue weighted by Gasteiger charge is -2.18. The Morgan fingerprint density at radius 3 is 3.05 bits per heavy atom. The number of hydrogen-bond donors (Lipinski definition) is 1. The molecule has 2 aromatic rings. The Bertz CT molecular complexity index is 668. The van der Waals surface area contributed by atoms with E-state index in [1.54, 1.807) is 0 Å². The van der Waals surface area contributed by atoms with Gasteiger partial charge in [0.15, 0.2) is 0 Å². The minimum atomic E-state index is 0.714. The van der Waals surface area contributed by atoms with Crippen molar-refractivity contribution in [1.29, 1.82) is 0 Å². The molecular formula is C16H14N2O. The van der Waals surface area contributed by atoms with Crippen molar-refractivity contribution in [3.63, 3.8) is 0 Å². The van der Waals surface area contributed by atoms with E-state index in [1.807, 2.05) is 43.3 Å². The maximum Gasteiger partial charge on any atom is 0.142 e. The minimum absolute atomic E-state index is 0.714. The number of benzene rings is 1. The van der Waals surface area contributed by atoms with Crippen LogP contribution in [0.5, 0.6) is 5.75 Å². The van der Waals surface area contributed by atoms with Crippen molar-refractivity contribution in [3.8, 4) is 17.6 Å². The van der Waals surface area contributed by atoms with Gasteiger partial charge in [0.05, 0.1) is 5.69 Å². The Balaban J connectivity index is 1.88. The van der Waals surface area contributed by atoms with Crippen LogP contribution in [0, 0.1) is 18.8 Å². The van der Waals surface area contributed by atoms with Crippen LogP contribution in [0.1, 0.15) is 17.0 Å². The van der Waals surface area contributed by atoms with Gasteiger partial charge in [0.2, 0.25) is 0 Å². The lowest BCUT2D eigenvalue weighted by Crippen LogP contribution is -2.17. The van der Waals surface area contributed by atoms with Gasteiger partial charge >= 0.3 is 0 Å². The molecular weight excluding hydrogens is 236 g/mol. The second kappa shape index (κ2) is 5.03. The Morgan fingerprint density at radius 1 is 1.21 bits per heavy atom. The van der Waals surface area contributed by atoms with E-state index in [0.717, 1.165) is 34.9 Å². The van der Waals surface area contributed by atoms with Crippen molar-refractivity contribution in [2.45, 2.75) is 6.92 Å². The number of nitrogens with one attached hydrogen (secondary N) is 1. The topological polar surface area (TPSA) is 34.1 Å². The molecule has 1 aromatic carbocycles. The molecule has 0 bridgehead atoms. The highest BCUT2D eigenvalue weighted by molar-refractivity contribution is 5.62. The van der Waals surface area contributed by atoms with Crippen LogP contribution in [0.2, 0.25) is 0 Å². The Morgan fingerprint density at radius 2 is 2.16 bits per heavy atom. The quantitative estimate of drug-likeness (QED) is 0.730. The van der Waals surface area contributed by atoms with Crippen molar-refractivity contribution in [2.75, 3.05) is 18.5 Å². The van der Waals surface area contributed by atoms with Gasteiger partial charge in [-0.2, -0.15) is 0 Å². The van der Waals surface area contributed by atoms with Crippen LogP contribution in [0.15, 0.2) is 36.4 Å². The lowest BCUT2D eigenvalue weighted by molar-refractivity contribution is 0.323. The van der Waals surface area contributed by atoms with E-state index >= 15 is 0 Å². The Hall–Kier alpha value is -2.47. The fourth-order valence-corrected chi connectivity index (χ4v) is 1.97. The molecule has 3 nitrogen and oxygen atoms in total. The highest BCUT2D eigenvalue weighted by Gasteiger charge is 2.08. The van der Waals surface area contributed by atoms with Gasteiger partial charge in [0.1, 0.15) is 18.1 Å². The van der Waals surface area contributed by atoms with E-state index in [2.05, 4.69) is 22.1 Å². The number of aromatic nitrogens is 1. The second-order valence-electron chi connectivity index (χ2n) is 4.40. The average Bonchev–Trinajstić information content (AvgIpc) is 2.45. The number of rotatable bonds is 0. The predicted molar refractivity (Wildman–Crippen MR) is 75.4 cm³/mol. The molecule has 19 heavy (non-hydrogen) atoms. The van der Waals surface area contributed by atoms with Gasteiger partial charge in [0, 0.05) is 17.8 Å². The molecule has 3 rings (SSSR count). The van der Waals surface area contributed by atoms with Gasteiger partial charge in [-0.1, -0.05) is 12.0 Å². The number of ether oxygens (including phenoxy) is 1. The van der Waals surface area contributed by atoms with Crippen LogP contribution < -0.4 is 10.1 Å². The summed E-state index contributed by atoms with van der Waals surface area (Å²) < 4.78 is 5.53. The number of fused-ring (bicyclic) bond motifs is 1. The maximum absolute atomic E-state index is 5.53. The van der Waals surface area contributed by atoms with Crippen molar-refractivity contribution in [3.05, 3.63) is 53.3 Å². The zero-order chi connectivity index (χ0) is 13.1. The molecule has 0 unspecified atom stereocenters. The highest BCUT2D eigenvalue weighted by atomic mass is 16.5. The van der Waals surface area contributed by atoms with Gasteiger partial charge in [-0.3, -0.25) is 0 Å². The Labute approximate surface area is 112 Å². The first-order chi connectivity index (χ1) is 9.31. The van der Waals surface area contributed by atoms with Crippen molar-refractivity contribution < 1.29 is 4.74 Å². The molecule has 0 spiro atoms. The number of anilines is 1. The molecule has 1 aromatic heterocycles. The van der Waals surface area contributed by atoms with E-state index in [9.17, 15) is 0 Å². The third kappa shape index (κ3) is 2.69. The highest BCUT2D eigenvalue weighted by Crippen LogP contribution is 2.27. The molecule has 0 amide bonds. The van der Waals surface area contributed by atoms with E-state index in [-0.39, 0.29) is 0 Å². The van der Waals surface area contributed by atoms with Crippen LogP contribution in [0.25, 0.3) is 0 Å². The van der Waals surface area contributed by atoms with Crippen molar-refractivity contribution in [2.24, 2.45) is 0 Å². The van der Waals surface area contributed by atoms with Gasteiger partial charge < -0.3 is 10.1 Å². The number of hydrogen-bond acceptors (Lipinski definition) is 3.